The average molecular weight is 257 g/mol. The van der Waals surface area contributed by atoms with E-state index >= 15 is 0 Å². The highest BCUT2D eigenvalue weighted by atomic mass is 16.2. The van der Waals surface area contributed by atoms with Crippen molar-refractivity contribution in [2.45, 2.75) is 46.6 Å². The Bertz CT molecular complexity index is 267. The van der Waals surface area contributed by atoms with Crippen LogP contribution >= 0.6 is 0 Å². The second-order valence-electron chi connectivity index (χ2n) is 4.76. The number of carbonyl (C=O) groups excluding carboxylic acids is 2. The van der Waals surface area contributed by atoms with Crippen molar-refractivity contribution in [1.29, 1.82) is 0 Å². The largest absolute Gasteiger partial charge is 0.355 e. The molecule has 0 heterocycles. The van der Waals surface area contributed by atoms with Crippen LogP contribution in [-0.2, 0) is 9.59 Å². The fourth-order valence-electron chi connectivity index (χ4n) is 1.54. The van der Waals surface area contributed by atoms with Crippen LogP contribution in [0.2, 0.25) is 0 Å². The van der Waals surface area contributed by atoms with Crippen LogP contribution in [0.15, 0.2) is 0 Å². The van der Waals surface area contributed by atoms with Crippen LogP contribution in [0, 0.1) is 5.92 Å². The Labute approximate surface area is 110 Å². The molecule has 0 saturated heterocycles. The SMILES string of the molecule is CCCNC(=O)CN(CCC)C(=O)C(C)C(C)N. The van der Waals surface area contributed by atoms with Gasteiger partial charge in [-0.25, -0.2) is 0 Å². The molecule has 3 N–H and O–H groups in total. The van der Waals surface area contributed by atoms with Gasteiger partial charge in [-0.15, -0.1) is 0 Å². The third-order valence-electron chi connectivity index (χ3n) is 2.89. The fraction of sp³-hybridized carbons (Fsp3) is 0.846. The number of amides is 2. The Hall–Kier alpha value is -1.10. The second kappa shape index (κ2) is 8.91. The van der Waals surface area contributed by atoms with Crippen LogP contribution in [0.1, 0.15) is 40.5 Å². The van der Waals surface area contributed by atoms with E-state index in [9.17, 15) is 9.59 Å². The average Bonchev–Trinajstić information content (AvgIpc) is 2.33. The molecule has 0 aromatic rings. The normalized spacial score (nSPS) is 13.8. The first-order valence-corrected chi connectivity index (χ1v) is 6.75. The molecule has 0 aromatic heterocycles. The van der Waals surface area contributed by atoms with Gasteiger partial charge in [0.05, 0.1) is 12.5 Å². The molecule has 0 aromatic carbocycles. The fourth-order valence-corrected chi connectivity index (χ4v) is 1.54. The lowest BCUT2D eigenvalue weighted by Gasteiger charge is -2.26. The van der Waals surface area contributed by atoms with E-state index in [2.05, 4.69) is 5.32 Å². The van der Waals surface area contributed by atoms with Crippen LogP contribution in [0.4, 0.5) is 0 Å². The summed E-state index contributed by atoms with van der Waals surface area (Å²) in [6, 6.07) is -0.199. The van der Waals surface area contributed by atoms with Gasteiger partial charge in [-0.05, 0) is 19.8 Å². The van der Waals surface area contributed by atoms with Crippen LogP contribution in [0.25, 0.3) is 0 Å². The van der Waals surface area contributed by atoms with E-state index in [1.807, 2.05) is 20.8 Å². The maximum absolute atomic E-state index is 12.1. The van der Waals surface area contributed by atoms with Gasteiger partial charge in [0.25, 0.3) is 0 Å². The Morgan fingerprint density at radius 1 is 1.22 bits per heavy atom. The van der Waals surface area contributed by atoms with E-state index in [1.54, 1.807) is 11.8 Å². The maximum atomic E-state index is 12.1. The molecular formula is C13H27N3O2. The van der Waals surface area contributed by atoms with Gasteiger partial charge in [0, 0.05) is 19.1 Å². The minimum absolute atomic E-state index is 0.0431. The third-order valence-corrected chi connectivity index (χ3v) is 2.89. The lowest BCUT2D eigenvalue weighted by molar-refractivity contribution is -0.139. The van der Waals surface area contributed by atoms with E-state index in [0.717, 1.165) is 12.8 Å². The molecule has 2 amide bonds. The minimum Gasteiger partial charge on any atom is -0.355 e. The van der Waals surface area contributed by atoms with Gasteiger partial charge in [-0.2, -0.15) is 0 Å². The molecule has 5 nitrogen and oxygen atoms in total. The lowest BCUT2D eigenvalue weighted by atomic mass is 10.0. The Balaban J connectivity index is 4.46. The zero-order valence-electron chi connectivity index (χ0n) is 12.0. The topological polar surface area (TPSA) is 75.4 Å². The molecular weight excluding hydrogens is 230 g/mol. The van der Waals surface area contributed by atoms with E-state index in [1.165, 1.54) is 0 Å². The summed E-state index contributed by atoms with van der Waals surface area (Å²) in [5, 5.41) is 2.78. The summed E-state index contributed by atoms with van der Waals surface area (Å²) in [5.74, 6) is -0.399. The van der Waals surface area contributed by atoms with Crippen molar-refractivity contribution in [1.82, 2.24) is 10.2 Å². The minimum atomic E-state index is -0.254. The first-order chi connectivity index (χ1) is 8.43. The van der Waals surface area contributed by atoms with Gasteiger partial charge >= 0.3 is 0 Å². The quantitative estimate of drug-likeness (QED) is 0.673. The monoisotopic (exact) mass is 257 g/mol. The first-order valence-electron chi connectivity index (χ1n) is 6.75. The van der Waals surface area contributed by atoms with Crippen molar-refractivity contribution in [2.75, 3.05) is 19.6 Å². The third kappa shape index (κ3) is 6.00. The van der Waals surface area contributed by atoms with Gasteiger partial charge in [-0.1, -0.05) is 20.8 Å². The number of rotatable bonds is 8. The lowest BCUT2D eigenvalue weighted by Crippen LogP contribution is -2.46. The van der Waals surface area contributed by atoms with E-state index in [4.69, 9.17) is 5.73 Å². The Kier molecular flexibility index (Phi) is 8.37. The smallest absolute Gasteiger partial charge is 0.239 e. The van der Waals surface area contributed by atoms with Crippen molar-refractivity contribution in [3.8, 4) is 0 Å². The van der Waals surface area contributed by atoms with Crippen molar-refractivity contribution in [3.63, 3.8) is 0 Å². The number of nitrogens with zero attached hydrogens (tertiary/aromatic N) is 1. The van der Waals surface area contributed by atoms with Crippen molar-refractivity contribution >= 4 is 11.8 Å². The number of nitrogens with two attached hydrogens (primary N) is 1. The predicted molar refractivity (Wildman–Crippen MR) is 73.0 cm³/mol. The van der Waals surface area contributed by atoms with Crippen LogP contribution in [0.5, 0.6) is 0 Å². The molecule has 0 fully saturated rings. The highest BCUT2D eigenvalue weighted by molar-refractivity contribution is 5.86. The molecule has 0 aliphatic carbocycles. The van der Waals surface area contributed by atoms with Crippen molar-refractivity contribution in [2.24, 2.45) is 11.7 Å². The molecule has 2 unspecified atom stereocenters. The molecule has 0 bridgehead atoms. The van der Waals surface area contributed by atoms with E-state index in [0.29, 0.717) is 13.1 Å². The summed E-state index contributed by atoms with van der Waals surface area (Å²) in [7, 11) is 0. The standard InChI is InChI=1S/C13H27N3O2/c1-5-7-15-12(17)9-16(8-6-2)13(18)10(3)11(4)14/h10-11H,5-9,14H2,1-4H3,(H,15,17). The van der Waals surface area contributed by atoms with Gasteiger partial charge in [0.15, 0.2) is 0 Å². The summed E-state index contributed by atoms with van der Waals surface area (Å²) >= 11 is 0. The summed E-state index contributed by atoms with van der Waals surface area (Å²) in [4.78, 5) is 25.4. The molecule has 0 saturated carbocycles. The zero-order chi connectivity index (χ0) is 14.1. The number of hydrogen-bond donors (Lipinski definition) is 2. The molecule has 18 heavy (non-hydrogen) atoms. The molecule has 0 radical (unpaired) electrons. The summed E-state index contributed by atoms with van der Waals surface area (Å²) < 4.78 is 0. The highest BCUT2D eigenvalue weighted by Gasteiger charge is 2.24. The summed E-state index contributed by atoms with van der Waals surface area (Å²) in [6.45, 7) is 8.96. The van der Waals surface area contributed by atoms with Crippen LogP contribution in [-0.4, -0.2) is 42.4 Å². The van der Waals surface area contributed by atoms with Gasteiger partial charge < -0.3 is 16.0 Å². The predicted octanol–water partition coefficient (Wildman–Crippen LogP) is 0.735. The van der Waals surface area contributed by atoms with Crippen LogP contribution in [0.3, 0.4) is 0 Å². The maximum Gasteiger partial charge on any atom is 0.239 e. The van der Waals surface area contributed by atoms with Gasteiger partial charge in [0.1, 0.15) is 0 Å². The second-order valence-corrected chi connectivity index (χ2v) is 4.76. The van der Waals surface area contributed by atoms with Crippen LogP contribution < -0.4 is 11.1 Å². The Morgan fingerprint density at radius 2 is 1.83 bits per heavy atom. The first kappa shape index (κ1) is 16.9. The van der Waals surface area contributed by atoms with Crippen molar-refractivity contribution < 1.29 is 9.59 Å². The zero-order valence-corrected chi connectivity index (χ0v) is 12.0. The van der Waals surface area contributed by atoms with Gasteiger partial charge in [0.2, 0.25) is 11.8 Å². The van der Waals surface area contributed by atoms with E-state index in [-0.39, 0.29) is 30.3 Å². The van der Waals surface area contributed by atoms with E-state index < -0.39 is 0 Å². The summed E-state index contributed by atoms with van der Waals surface area (Å²) in [5.41, 5.74) is 5.73. The Morgan fingerprint density at radius 3 is 2.28 bits per heavy atom. The molecule has 0 aliphatic rings. The molecule has 5 heteroatoms. The van der Waals surface area contributed by atoms with Crippen molar-refractivity contribution in [3.05, 3.63) is 0 Å². The molecule has 2 atom stereocenters. The molecule has 0 rings (SSSR count). The van der Waals surface area contributed by atoms with Gasteiger partial charge in [-0.3, -0.25) is 9.59 Å². The number of nitrogens with one attached hydrogen (secondary N) is 1. The highest BCUT2D eigenvalue weighted by Crippen LogP contribution is 2.06. The number of hydrogen-bond acceptors (Lipinski definition) is 3. The molecule has 0 aliphatic heterocycles. The number of carbonyl (C=O) groups is 2. The molecule has 0 spiro atoms. The summed E-state index contributed by atoms with van der Waals surface area (Å²) in [6.07, 6.45) is 1.72. The molecule has 106 valence electrons.